The Morgan fingerprint density at radius 1 is 1.40 bits per heavy atom. The number of hydrogen-bond acceptors (Lipinski definition) is 4. The first-order valence-corrected chi connectivity index (χ1v) is 6.35. The SMILES string of the molecule is CCC(=O)Nc1ccc(OC)cc1N1CC(=O)CC1=O. The van der Waals surface area contributed by atoms with E-state index in [2.05, 4.69) is 5.32 Å². The number of carbonyl (C=O) groups is 3. The molecule has 1 fully saturated rings. The highest BCUT2D eigenvalue weighted by atomic mass is 16.5. The second kappa shape index (κ2) is 5.73. The summed E-state index contributed by atoms with van der Waals surface area (Å²) in [7, 11) is 1.51. The molecule has 0 aliphatic carbocycles. The first-order chi connectivity index (χ1) is 9.55. The van der Waals surface area contributed by atoms with Crippen molar-refractivity contribution in [3.63, 3.8) is 0 Å². The maximum absolute atomic E-state index is 11.8. The molecule has 0 spiro atoms. The van der Waals surface area contributed by atoms with Crippen LogP contribution in [0.25, 0.3) is 0 Å². The molecular weight excluding hydrogens is 260 g/mol. The summed E-state index contributed by atoms with van der Waals surface area (Å²) in [5, 5.41) is 2.72. The first-order valence-electron chi connectivity index (χ1n) is 6.35. The number of nitrogens with one attached hydrogen (secondary N) is 1. The molecule has 1 aromatic carbocycles. The fourth-order valence-electron chi connectivity index (χ4n) is 2.01. The van der Waals surface area contributed by atoms with Crippen LogP contribution in [0.5, 0.6) is 5.75 Å². The summed E-state index contributed by atoms with van der Waals surface area (Å²) in [6.07, 6.45) is 0.233. The van der Waals surface area contributed by atoms with Gasteiger partial charge in [0.15, 0.2) is 5.78 Å². The number of rotatable bonds is 4. The average Bonchev–Trinajstić information content (AvgIpc) is 2.77. The number of nitrogens with zero attached hydrogens (tertiary/aromatic N) is 1. The van der Waals surface area contributed by atoms with E-state index in [1.165, 1.54) is 12.0 Å². The summed E-state index contributed by atoms with van der Waals surface area (Å²) in [5.41, 5.74) is 0.989. The number of anilines is 2. The highest BCUT2D eigenvalue weighted by Gasteiger charge is 2.30. The van der Waals surface area contributed by atoms with Gasteiger partial charge in [-0.05, 0) is 12.1 Å². The lowest BCUT2D eigenvalue weighted by Crippen LogP contribution is -2.26. The van der Waals surface area contributed by atoms with Crippen LogP contribution in [0, 0.1) is 0 Å². The predicted molar refractivity (Wildman–Crippen MR) is 73.9 cm³/mol. The summed E-state index contributed by atoms with van der Waals surface area (Å²) in [6, 6.07) is 5.00. The Labute approximate surface area is 116 Å². The van der Waals surface area contributed by atoms with E-state index in [1.807, 2.05) is 0 Å². The number of ether oxygens (including phenoxy) is 1. The van der Waals surface area contributed by atoms with Crippen LogP contribution in [0.3, 0.4) is 0 Å². The smallest absolute Gasteiger partial charge is 0.234 e. The minimum Gasteiger partial charge on any atom is -0.497 e. The molecular formula is C14H16N2O4. The zero-order chi connectivity index (χ0) is 14.7. The number of methoxy groups -OCH3 is 1. The molecule has 0 radical (unpaired) electrons. The molecule has 0 unspecified atom stereocenters. The molecule has 0 saturated carbocycles. The van der Waals surface area contributed by atoms with E-state index in [0.29, 0.717) is 23.5 Å². The Hall–Kier alpha value is -2.37. The molecule has 0 bridgehead atoms. The number of carbonyl (C=O) groups excluding carboxylic acids is 3. The van der Waals surface area contributed by atoms with Gasteiger partial charge in [0.05, 0.1) is 31.5 Å². The van der Waals surface area contributed by atoms with E-state index in [9.17, 15) is 14.4 Å². The Morgan fingerprint density at radius 2 is 2.15 bits per heavy atom. The monoisotopic (exact) mass is 276 g/mol. The van der Waals surface area contributed by atoms with E-state index in [4.69, 9.17) is 4.74 Å². The number of ketones is 1. The van der Waals surface area contributed by atoms with Crippen LogP contribution in [0.4, 0.5) is 11.4 Å². The fourth-order valence-corrected chi connectivity index (χ4v) is 2.01. The number of amides is 2. The molecule has 0 atom stereocenters. The lowest BCUT2D eigenvalue weighted by atomic mass is 10.2. The van der Waals surface area contributed by atoms with Crippen LogP contribution >= 0.6 is 0 Å². The standard InChI is InChI=1S/C14H16N2O4/c1-3-13(18)15-11-5-4-10(20-2)7-12(11)16-8-9(17)6-14(16)19/h4-5,7H,3,6,8H2,1-2H3,(H,15,18). The highest BCUT2D eigenvalue weighted by molar-refractivity contribution is 6.16. The zero-order valence-corrected chi connectivity index (χ0v) is 11.4. The molecule has 2 amide bonds. The van der Waals surface area contributed by atoms with Crippen molar-refractivity contribution in [3.05, 3.63) is 18.2 Å². The number of benzene rings is 1. The minimum absolute atomic E-state index is 0.0288. The molecule has 1 N–H and O–H groups in total. The second-order valence-corrected chi connectivity index (χ2v) is 4.48. The van der Waals surface area contributed by atoms with Gasteiger partial charge < -0.3 is 15.0 Å². The lowest BCUT2D eigenvalue weighted by molar-refractivity contribution is -0.121. The van der Waals surface area contributed by atoms with Crippen molar-refractivity contribution >= 4 is 29.0 Å². The summed E-state index contributed by atoms with van der Waals surface area (Å²) >= 11 is 0. The van der Waals surface area contributed by atoms with Gasteiger partial charge in [0, 0.05) is 12.5 Å². The normalized spacial score (nSPS) is 14.6. The minimum atomic E-state index is -0.268. The third kappa shape index (κ3) is 2.79. The molecule has 2 rings (SSSR count). The molecule has 1 aromatic rings. The van der Waals surface area contributed by atoms with Crippen molar-refractivity contribution in [2.24, 2.45) is 0 Å². The van der Waals surface area contributed by atoms with Crippen molar-refractivity contribution in [3.8, 4) is 5.75 Å². The van der Waals surface area contributed by atoms with E-state index in [0.717, 1.165) is 0 Å². The van der Waals surface area contributed by atoms with Crippen LogP contribution in [-0.2, 0) is 14.4 Å². The third-order valence-electron chi connectivity index (χ3n) is 3.07. The van der Waals surface area contributed by atoms with E-state index >= 15 is 0 Å². The topological polar surface area (TPSA) is 75.7 Å². The summed E-state index contributed by atoms with van der Waals surface area (Å²) < 4.78 is 5.13. The fraction of sp³-hybridized carbons (Fsp3) is 0.357. The van der Waals surface area contributed by atoms with Crippen molar-refractivity contribution in [1.82, 2.24) is 0 Å². The van der Waals surface area contributed by atoms with Crippen LogP contribution in [0.1, 0.15) is 19.8 Å². The van der Waals surface area contributed by atoms with E-state index < -0.39 is 0 Å². The molecule has 20 heavy (non-hydrogen) atoms. The van der Waals surface area contributed by atoms with Gasteiger partial charge in [0.2, 0.25) is 11.8 Å². The average molecular weight is 276 g/mol. The highest BCUT2D eigenvalue weighted by Crippen LogP contribution is 2.32. The quantitative estimate of drug-likeness (QED) is 0.842. The van der Waals surface area contributed by atoms with Gasteiger partial charge in [-0.15, -0.1) is 0 Å². The van der Waals surface area contributed by atoms with Gasteiger partial charge in [-0.1, -0.05) is 6.92 Å². The van der Waals surface area contributed by atoms with Gasteiger partial charge in [-0.2, -0.15) is 0 Å². The molecule has 1 heterocycles. The molecule has 6 heteroatoms. The van der Waals surface area contributed by atoms with Crippen molar-refractivity contribution in [2.75, 3.05) is 23.9 Å². The van der Waals surface area contributed by atoms with Crippen LogP contribution in [0.2, 0.25) is 0 Å². The Balaban J connectivity index is 2.39. The van der Waals surface area contributed by atoms with E-state index in [-0.39, 0.29) is 30.6 Å². The number of Topliss-reactive ketones (excluding diaryl/α,β-unsaturated/α-hetero) is 1. The molecule has 106 valence electrons. The van der Waals surface area contributed by atoms with Gasteiger partial charge in [-0.25, -0.2) is 0 Å². The van der Waals surface area contributed by atoms with Crippen molar-refractivity contribution in [2.45, 2.75) is 19.8 Å². The molecule has 1 aliphatic heterocycles. The van der Waals surface area contributed by atoms with Crippen molar-refractivity contribution < 1.29 is 19.1 Å². The third-order valence-corrected chi connectivity index (χ3v) is 3.07. The van der Waals surface area contributed by atoms with Gasteiger partial charge in [0.1, 0.15) is 5.75 Å². The van der Waals surface area contributed by atoms with Crippen molar-refractivity contribution in [1.29, 1.82) is 0 Å². The molecule has 6 nitrogen and oxygen atoms in total. The largest absolute Gasteiger partial charge is 0.497 e. The predicted octanol–water partition coefficient (Wildman–Crippen LogP) is 1.35. The van der Waals surface area contributed by atoms with Gasteiger partial charge >= 0.3 is 0 Å². The maximum Gasteiger partial charge on any atom is 0.234 e. The Morgan fingerprint density at radius 3 is 2.70 bits per heavy atom. The van der Waals surface area contributed by atoms with Crippen LogP contribution in [-0.4, -0.2) is 31.3 Å². The lowest BCUT2D eigenvalue weighted by Gasteiger charge is -2.20. The zero-order valence-electron chi connectivity index (χ0n) is 11.4. The summed E-state index contributed by atoms with van der Waals surface area (Å²) in [6.45, 7) is 1.77. The molecule has 1 aliphatic rings. The second-order valence-electron chi connectivity index (χ2n) is 4.48. The Kier molecular flexibility index (Phi) is 4.02. The van der Waals surface area contributed by atoms with Crippen LogP contribution in [0.15, 0.2) is 18.2 Å². The van der Waals surface area contributed by atoms with Gasteiger partial charge in [0.25, 0.3) is 0 Å². The molecule has 0 aromatic heterocycles. The van der Waals surface area contributed by atoms with Crippen LogP contribution < -0.4 is 15.0 Å². The molecule has 1 saturated heterocycles. The van der Waals surface area contributed by atoms with Gasteiger partial charge in [-0.3, -0.25) is 14.4 Å². The maximum atomic E-state index is 11.8. The summed E-state index contributed by atoms with van der Waals surface area (Å²) in [5.74, 6) is -0.00289. The number of hydrogen-bond donors (Lipinski definition) is 1. The first kappa shape index (κ1) is 14.0. The summed E-state index contributed by atoms with van der Waals surface area (Å²) in [4.78, 5) is 36.2. The van der Waals surface area contributed by atoms with E-state index in [1.54, 1.807) is 25.1 Å². The Bertz CT molecular complexity index is 568.